The van der Waals surface area contributed by atoms with Gasteiger partial charge in [0.1, 0.15) is 0 Å². The number of rotatable bonds is 4. The molecular formula is C13H20ClNS. The Balaban J connectivity index is 2.60. The highest BCUT2D eigenvalue weighted by molar-refractivity contribution is 7.99. The molecule has 16 heavy (non-hydrogen) atoms. The predicted octanol–water partition coefficient (Wildman–Crippen LogP) is 4.07. The minimum atomic E-state index is 0.267. The van der Waals surface area contributed by atoms with Crippen molar-refractivity contribution in [1.29, 1.82) is 0 Å². The molecule has 0 heterocycles. The van der Waals surface area contributed by atoms with Crippen LogP contribution >= 0.6 is 23.4 Å². The summed E-state index contributed by atoms with van der Waals surface area (Å²) < 4.78 is 0. The van der Waals surface area contributed by atoms with Crippen molar-refractivity contribution in [3.63, 3.8) is 0 Å². The van der Waals surface area contributed by atoms with E-state index in [2.05, 4.69) is 32.2 Å². The van der Waals surface area contributed by atoms with Crippen LogP contribution in [0, 0.1) is 5.41 Å². The first-order valence-electron chi connectivity index (χ1n) is 5.49. The maximum atomic E-state index is 6.12. The first kappa shape index (κ1) is 13.9. The van der Waals surface area contributed by atoms with Gasteiger partial charge in [-0.15, -0.1) is 11.8 Å². The van der Waals surface area contributed by atoms with Gasteiger partial charge in [-0.2, -0.15) is 0 Å². The second-order valence-electron chi connectivity index (χ2n) is 4.95. The molecule has 3 heteroatoms. The number of hydrogen-bond acceptors (Lipinski definition) is 2. The monoisotopic (exact) mass is 257 g/mol. The molecule has 0 aliphatic carbocycles. The van der Waals surface area contributed by atoms with Gasteiger partial charge < -0.3 is 5.32 Å². The van der Waals surface area contributed by atoms with Crippen molar-refractivity contribution >= 4 is 23.4 Å². The zero-order valence-corrected chi connectivity index (χ0v) is 12.0. The maximum Gasteiger partial charge on any atom is 0.0541 e. The quantitative estimate of drug-likeness (QED) is 0.817. The summed E-state index contributed by atoms with van der Waals surface area (Å²) in [6.45, 7) is 6.75. The topological polar surface area (TPSA) is 12.0 Å². The van der Waals surface area contributed by atoms with Crippen LogP contribution in [0.5, 0.6) is 0 Å². The average molecular weight is 258 g/mol. The van der Waals surface area contributed by atoms with Crippen molar-refractivity contribution in [2.45, 2.75) is 31.7 Å². The van der Waals surface area contributed by atoms with Crippen LogP contribution in [0.15, 0.2) is 29.2 Å². The second-order valence-corrected chi connectivity index (χ2v) is 6.42. The minimum Gasteiger partial charge on any atom is -0.316 e. The minimum absolute atomic E-state index is 0.267. The number of thioether (sulfide) groups is 1. The Morgan fingerprint density at radius 1 is 1.31 bits per heavy atom. The molecule has 90 valence electrons. The van der Waals surface area contributed by atoms with Crippen molar-refractivity contribution < 1.29 is 0 Å². The molecule has 0 fully saturated rings. The van der Waals surface area contributed by atoms with Gasteiger partial charge in [-0.3, -0.25) is 0 Å². The molecule has 0 radical (unpaired) electrons. The van der Waals surface area contributed by atoms with Crippen molar-refractivity contribution in [3.05, 3.63) is 29.3 Å². The lowest BCUT2D eigenvalue weighted by Crippen LogP contribution is -2.40. The molecule has 0 amide bonds. The third-order valence-corrected chi connectivity index (χ3v) is 4.24. The number of nitrogens with one attached hydrogen (secondary N) is 1. The Morgan fingerprint density at radius 3 is 2.44 bits per heavy atom. The Hall–Kier alpha value is -0.180. The fourth-order valence-corrected chi connectivity index (χ4v) is 3.19. The summed E-state index contributed by atoms with van der Waals surface area (Å²) in [6.07, 6.45) is 0. The molecule has 0 aromatic heterocycles. The lowest BCUT2D eigenvalue weighted by Gasteiger charge is -2.30. The highest BCUT2D eigenvalue weighted by Crippen LogP contribution is 2.30. The molecule has 0 saturated carbocycles. The van der Waals surface area contributed by atoms with Crippen LogP contribution in [0.1, 0.15) is 20.8 Å². The van der Waals surface area contributed by atoms with Gasteiger partial charge in [-0.1, -0.05) is 44.5 Å². The van der Waals surface area contributed by atoms with Gasteiger partial charge in [0.2, 0.25) is 0 Å². The number of benzene rings is 1. The van der Waals surface area contributed by atoms with Crippen LogP contribution in [0.3, 0.4) is 0 Å². The first-order chi connectivity index (χ1) is 7.45. The van der Waals surface area contributed by atoms with E-state index in [1.165, 1.54) is 0 Å². The van der Waals surface area contributed by atoms with Gasteiger partial charge in [-0.25, -0.2) is 0 Å². The summed E-state index contributed by atoms with van der Waals surface area (Å²) >= 11 is 7.94. The molecule has 1 aromatic carbocycles. The highest BCUT2D eigenvalue weighted by atomic mass is 35.5. The van der Waals surface area contributed by atoms with E-state index < -0.39 is 0 Å². The molecule has 1 unspecified atom stereocenters. The van der Waals surface area contributed by atoms with E-state index in [0.29, 0.717) is 6.04 Å². The predicted molar refractivity (Wildman–Crippen MR) is 74.5 cm³/mol. The van der Waals surface area contributed by atoms with Crippen LogP contribution in [-0.2, 0) is 0 Å². The molecule has 1 nitrogen and oxygen atoms in total. The third kappa shape index (κ3) is 4.00. The molecule has 1 N–H and O–H groups in total. The van der Waals surface area contributed by atoms with Crippen LogP contribution < -0.4 is 5.32 Å². The molecule has 0 saturated heterocycles. The second kappa shape index (κ2) is 5.95. The molecule has 0 spiro atoms. The molecule has 0 aliphatic rings. The lowest BCUT2D eigenvalue weighted by atomic mass is 9.88. The van der Waals surface area contributed by atoms with E-state index in [-0.39, 0.29) is 5.41 Å². The molecule has 0 bridgehead atoms. The van der Waals surface area contributed by atoms with E-state index >= 15 is 0 Å². The molecule has 1 rings (SSSR count). The zero-order chi connectivity index (χ0) is 12.2. The van der Waals surface area contributed by atoms with E-state index in [1.54, 1.807) is 0 Å². The van der Waals surface area contributed by atoms with E-state index in [4.69, 9.17) is 11.6 Å². The Bertz CT molecular complexity index is 333. The Morgan fingerprint density at radius 2 is 1.94 bits per heavy atom. The highest BCUT2D eigenvalue weighted by Gasteiger charge is 2.22. The van der Waals surface area contributed by atoms with Crippen LogP contribution in [0.2, 0.25) is 5.02 Å². The summed E-state index contributed by atoms with van der Waals surface area (Å²) in [7, 11) is 2.02. The number of halogens is 1. The SMILES string of the molecule is CNC(CSc1ccccc1Cl)C(C)(C)C. The zero-order valence-electron chi connectivity index (χ0n) is 10.4. The summed E-state index contributed by atoms with van der Waals surface area (Å²) in [5, 5.41) is 4.21. The van der Waals surface area contributed by atoms with Crippen molar-refractivity contribution in [2.75, 3.05) is 12.8 Å². The average Bonchev–Trinajstić information content (AvgIpc) is 2.19. The van der Waals surface area contributed by atoms with E-state index in [9.17, 15) is 0 Å². The maximum absolute atomic E-state index is 6.12. The van der Waals surface area contributed by atoms with E-state index in [1.807, 2.05) is 37.0 Å². The third-order valence-electron chi connectivity index (χ3n) is 2.64. The fraction of sp³-hybridized carbons (Fsp3) is 0.538. The lowest BCUT2D eigenvalue weighted by molar-refractivity contribution is 0.305. The smallest absolute Gasteiger partial charge is 0.0541 e. The fourth-order valence-electron chi connectivity index (χ4n) is 1.50. The van der Waals surface area contributed by atoms with Gasteiger partial charge in [0.25, 0.3) is 0 Å². The largest absolute Gasteiger partial charge is 0.316 e. The van der Waals surface area contributed by atoms with Gasteiger partial charge in [-0.05, 0) is 24.6 Å². The van der Waals surface area contributed by atoms with Crippen molar-refractivity contribution in [1.82, 2.24) is 5.32 Å². The van der Waals surface area contributed by atoms with Gasteiger partial charge in [0.15, 0.2) is 0 Å². The molecular weight excluding hydrogens is 238 g/mol. The van der Waals surface area contributed by atoms with Crippen LogP contribution in [-0.4, -0.2) is 18.8 Å². The van der Waals surface area contributed by atoms with Crippen LogP contribution in [0.25, 0.3) is 0 Å². The summed E-state index contributed by atoms with van der Waals surface area (Å²) in [6, 6.07) is 8.48. The van der Waals surface area contributed by atoms with Gasteiger partial charge in [0.05, 0.1) is 5.02 Å². The van der Waals surface area contributed by atoms with Crippen molar-refractivity contribution in [3.8, 4) is 0 Å². The molecule has 0 aliphatic heterocycles. The normalized spacial score (nSPS) is 13.8. The Labute approximate surface area is 108 Å². The summed E-state index contributed by atoms with van der Waals surface area (Å²) in [4.78, 5) is 1.16. The summed E-state index contributed by atoms with van der Waals surface area (Å²) in [5.41, 5.74) is 0.267. The number of hydrogen-bond donors (Lipinski definition) is 1. The molecule has 1 aromatic rings. The standard InChI is InChI=1S/C13H20ClNS/c1-13(2,3)12(15-4)9-16-11-8-6-5-7-10(11)14/h5-8,12,15H,9H2,1-4H3. The van der Waals surface area contributed by atoms with E-state index in [0.717, 1.165) is 15.7 Å². The first-order valence-corrected chi connectivity index (χ1v) is 6.86. The van der Waals surface area contributed by atoms with Crippen LogP contribution in [0.4, 0.5) is 0 Å². The van der Waals surface area contributed by atoms with Gasteiger partial charge >= 0.3 is 0 Å². The Kier molecular flexibility index (Phi) is 5.16. The molecule has 1 atom stereocenters. The van der Waals surface area contributed by atoms with Crippen molar-refractivity contribution in [2.24, 2.45) is 5.41 Å². The summed E-state index contributed by atoms with van der Waals surface area (Å²) in [5.74, 6) is 1.03. The van der Waals surface area contributed by atoms with Gasteiger partial charge in [0, 0.05) is 16.7 Å².